The Hall–Kier alpha value is -1.30. The minimum Gasteiger partial charge on any atom is -0.504 e. The van der Waals surface area contributed by atoms with Crippen molar-refractivity contribution in [3.8, 4) is 11.5 Å². The molecule has 1 aromatic carbocycles. The molecule has 16 heavy (non-hydrogen) atoms. The smallest absolute Gasteiger partial charge is 0.160 e. The number of nitrogens with one attached hydrogen (secondary N) is 1. The van der Waals surface area contributed by atoms with E-state index in [1.54, 1.807) is 25.3 Å². The molecule has 0 amide bonds. The van der Waals surface area contributed by atoms with Crippen LogP contribution in [0.25, 0.3) is 0 Å². The summed E-state index contributed by atoms with van der Waals surface area (Å²) in [5.41, 5.74) is 3.75. The maximum Gasteiger partial charge on any atom is 0.160 e. The highest BCUT2D eigenvalue weighted by Gasteiger charge is 2.02. The molecular weight excluding hydrogens is 210 g/mol. The van der Waals surface area contributed by atoms with E-state index in [4.69, 9.17) is 14.3 Å². The summed E-state index contributed by atoms with van der Waals surface area (Å²) in [6, 6.07) is 5.14. The lowest BCUT2D eigenvalue weighted by molar-refractivity contribution is 0.00344. The van der Waals surface area contributed by atoms with E-state index in [9.17, 15) is 5.11 Å². The molecule has 0 aromatic heterocycles. The average Bonchev–Trinajstić information content (AvgIpc) is 2.31. The van der Waals surface area contributed by atoms with E-state index in [0.717, 1.165) is 5.56 Å². The summed E-state index contributed by atoms with van der Waals surface area (Å²) in [6.45, 7) is 1.58. The first kappa shape index (κ1) is 12.8. The van der Waals surface area contributed by atoms with E-state index in [1.165, 1.54) is 7.11 Å². The van der Waals surface area contributed by atoms with Crippen molar-refractivity contribution >= 4 is 0 Å². The van der Waals surface area contributed by atoms with Gasteiger partial charge in [-0.3, -0.25) is 4.84 Å². The minimum absolute atomic E-state index is 0.131. The highest BCUT2D eigenvalue weighted by atomic mass is 16.7. The second kappa shape index (κ2) is 7.05. The average molecular weight is 227 g/mol. The monoisotopic (exact) mass is 227 g/mol. The zero-order chi connectivity index (χ0) is 11.8. The Bertz CT molecular complexity index is 317. The molecule has 0 aliphatic rings. The van der Waals surface area contributed by atoms with Crippen LogP contribution in [0.3, 0.4) is 0 Å². The number of ether oxygens (including phenoxy) is 2. The van der Waals surface area contributed by atoms with E-state index in [0.29, 0.717) is 25.5 Å². The van der Waals surface area contributed by atoms with Crippen molar-refractivity contribution in [1.29, 1.82) is 0 Å². The van der Waals surface area contributed by atoms with Crippen LogP contribution in [0.15, 0.2) is 18.2 Å². The Balaban J connectivity index is 2.36. The lowest BCUT2D eigenvalue weighted by atomic mass is 10.2. The zero-order valence-corrected chi connectivity index (χ0v) is 9.53. The van der Waals surface area contributed by atoms with Crippen molar-refractivity contribution in [3.63, 3.8) is 0 Å². The molecule has 5 nitrogen and oxygen atoms in total. The SMILES string of the molecule is COCCONCc1ccc(O)c(OC)c1. The minimum atomic E-state index is 0.131. The van der Waals surface area contributed by atoms with Gasteiger partial charge in [-0.2, -0.15) is 5.48 Å². The van der Waals surface area contributed by atoms with Crippen molar-refractivity contribution in [1.82, 2.24) is 5.48 Å². The number of hydrogen-bond acceptors (Lipinski definition) is 5. The number of aromatic hydroxyl groups is 1. The number of benzene rings is 1. The molecule has 2 N–H and O–H groups in total. The molecular formula is C11H17NO4. The number of hydrogen-bond donors (Lipinski definition) is 2. The molecule has 0 saturated carbocycles. The molecule has 90 valence electrons. The van der Waals surface area contributed by atoms with E-state index < -0.39 is 0 Å². The molecule has 0 spiro atoms. The topological polar surface area (TPSA) is 60.0 Å². The van der Waals surface area contributed by atoms with Crippen LogP contribution in [0.1, 0.15) is 5.56 Å². The number of phenolic OH excluding ortho intramolecular Hbond substituents is 1. The summed E-state index contributed by atoms with van der Waals surface area (Å²) >= 11 is 0. The largest absolute Gasteiger partial charge is 0.504 e. The second-order valence-corrected chi connectivity index (χ2v) is 3.17. The first-order valence-corrected chi connectivity index (χ1v) is 4.97. The van der Waals surface area contributed by atoms with Gasteiger partial charge >= 0.3 is 0 Å². The number of rotatable bonds is 7. The van der Waals surface area contributed by atoms with Gasteiger partial charge in [-0.25, -0.2) is 0 Å². The van der Waals surface area contributed by atoms with E-state index in [2.05, 4.69) is 5.48 Å². The normalized spacial score (nSPS) is 10.4. The van der Waals surface area contributed by atoms with Gasteiger partial charge in [0.1, 0.15) is 0 Å². The van der Waals surface area contributed by atoms with E-state index in [1.807, 2.05) is 0 Å². The molecule has 1 aromatic rings. The van der Waals surface area contributed by atoms with Gasteiger partial charge in [0.25, 0.3) is 0 Å². The first-order valence-electron chi connectivity index (χ1n) is 4.97. The molecule has 0 atom stereocenters. The summed E-state index contributed by atoms with van der Waals surface area (Å²) < 4.78 is 9.82. The lowest BCUT2D eigenvalue weighted by Gasteiger charge is -2.08. The summed E-state index contributed by atoms with van der Waals surface area (Å²) in [4.78, 5) is 5.10. The fraction of sp³-hybridized carbons (Fsp3) is 0.455. The number of hydroxylamine groups is 1. The van der Waals surface area contributed by atoms with Crippen LogP contribution in [0.4, 0.5) is 0 Å². The molecule has 1 rings (SSSR count). The van der Waals surface area contributed by atoms with E-state index in [-0.39, 0.29) is 5.75 Å². The van der Waals surface area contributed by atoms with Crippen LogP contribution >= 0.6 is 0 Å². The summed E-state index contributed by atoms with van der Waals surface area (Å²) in [5.74, 6) is 0.586. The fourth-order valence-electron chi connectivity index (χ4n) is 1.16. The summed E-state index contributed by atoms with van der Waals surface area (Å²) in [6.07, 6.45) is 0. The highest BCUT2D eigenvalue weighted by Crippen LogP contribution is 2.25. The third kappa shape index (κ3) is 4.06. The van der Waals surface area contributed by atoms with Gasteiger partial charge in [0, 0.05) is 13.7 Å². The molecule has 5 heteroatoms. The van der Waals surface area contributed by atoms with Crippen molar-refractivity contribution < 1.29 is 19.4 Å². The summed E-state index contributed by atoms with van der Waals surface area (Å²) in [7, 11) is 3.13. The van der Waals surface area contributed by atoms with Gasteiger partial charge in [-0.05, 0) is 17.7 Å². The van der Waals surface area contributed by atoms with Crippen LogP contribution < -0.4 is 10.2 Å². The molecule has 0 heterocycles. The lowest BCUT2D eigenvalue weighted by Crippen LogP contribution is -2.17. The van der Waals surface area contributed by atoms with Gasteiger partial charge in [0.15, 0.2) is 11.5 Å². The van der Waals surface area contributed by atoms with Gasteiger partial charge in [0.05, 0.1) is 20.3 Å². The number of phenols is 1. The van der Waals surface area contributed by atoms with Crippen LogP contribution in [0, 0.1) is 0 Å². The quantitative estimate of drug-likeness (QED) is 0.539. The molecule has 0 unspecified atom stereocenters. The number of methoxy groups -OCH3 is 2. The Labute approximate surface area is 94.9 Å². The third-order valence-electron chi connectivity index (χ3n) is 2.01. The molecule has 0 fully saturated rings. The van der Waals surface area contributed by atoms with Crippen LogP contribution in [0.2, 0.25) is 0 Å². The molecule has 0 aliphatic heterocycles. The Morgan fingerprint density at radius 2 is 2.06 bits per heavy atom. The van der Waals surface area contributed by atoms with Gasteiger partial charge < -0.3 is 14.6 Å². The molecule has 0 aliphatic carbocycles. The zero-order valence-electron chi connectivity index (χ0n) is 9.53. The molecule has 0 radical (unpaired) electrons. The Morgan fingerprint density at radius 3 is 2.75 bits per heavy atom. The van der Waals surface area contributed by atoms with Crippen LogP contribution in [-0.4, -0.2) is 32.5 Å². The van der Waals surface area contributed by atoms with Crippen molar-refractivity contribution in [2.24, 2.45) is 0 Å². The highest BCUT2D eigenvalue weighted by molar-refractivity contribution is 5.41. The van der Waals surface area contributed by atoms with Gasteiger partial charge in [-0.1, -0.05) is 6.07 Å². The standard InChI is InChI=1S/C11H17NO4/c1-14-5-6-16-12-8-9-3-4-10(13)11(7-9)15-2/h3-4,7,12-13H,5-6,8H2,1-2H3. The Kier molecular flexibility index (Phi) is 5.63. The first-order chi connectivity index (χ1) is 7.77. The van der Waals surface area contributed by atoms with Gasteiger partial charge in [0.2, 0.25) is 0 Å². The fourth-order valence-corrected chi connectivity index (χ4v) is 1.16. The van der Waals surface area contributed by atoms with E-state index >= 15 is 0 Å². The summed E-state index contributed by atoms with van der Waals surface area (Å²) in [5, 5.41) is 9.38. The second-order valence-electron chi connectivity index (χ2n) is 3.17. The predicted octanol–water partition coefficient (Wildman–Crippen LogP) is 1.07. The Morgan fingerprint density at radius 1 is 1.25 bits per heavy atom. The van der Waals surface area contributed by atoms with Crippen molar-refractivity contribution in [2.45, 2.75) is 6.54 Å². The van der Waals surface area contributed by atoms with Crippen molar-refractivity contribution in [3.05, 3.63) is 23.8 Å². The molecule has 0 bridgehead atoms. The predicted molar refractivity (Wildman–Crippen MR) is 59.3 cm³/mol. The third-order valence-corrected chi connectivity index (χ3v) is 2.01. The maximum atomic E-state index is 9.38. The van der Waals surface area contributed by atoms with Crippen molar-refractivity contribution in [2.75, 3.05) is 27.4 Å². The van der Waals surface area contributed by atoms with Gasteiger partial charge in [-0.15, -0.1) is 0 Å². The maximum absolute atomic E-state index is 9.38. The molecule has 0 saturated heterocycles. The van der Waals surface area contributed by atoms with Crippen LogP contribution in [-0.2, 0) is 16.1 Å². The van der Waals surface area contributed by atoms with Crippen LogP contribution in [0.5, 0.6) is 11.5 Å².